The van der Waals surface area contributed by atoms with E-state index in [1.165, 1.54) is 6.42 Å². The highest BCUT2D eigenvalue weighted by Gasteiger charge is 2.31. The average molecular weight is 310 g/mol. The minimum Gasteiger partial charge on any atom is -0.395 e. The Balaban J connectivity index is 1.67. The van der Waals surface area contributed by atoms with Crippen LogP contribution in [0.1, 0.15) is 32.1 Å². The first-order valence-corrected chi connectivity index (χ1v) is 8.53. The van der Waals surface area contributed by atoms with Crippen LogP contribution in [0.25, 0.3) is 0 Å². The minimum absolute atomic E-state index is 0.213. The Morgan fingerprint density at radius 1 is 1.09 bits per heavy atom. The quantitative estimate of drug-likeness (QED) is 0.663. The molecule has 0 unspecified atom stereocenters. The minimum atomic E-state index is -0.489. The number of aliphatic hydroxyl groups excluding tert-OH is 2. The zero-order valence-electron chi connectivity index (χ0n) is 13.5. The van der Waals surface area contributed by atoms with E-state index in [-0.39, 0.29) is 6.61 Å². The van der Waals surface area contributed by atoms with E-state index >= 15 is 0 Å². The highest BCUT2D eigenvalue weighted by molar-refractivity contribution is 5.09. The van der Waals surface area contributed by atoms with Crippen molar-refractivity contribution in [1.29, 1.82) is 0 Å². The van der Waals surface area contributed by atoms with Gasteiger partial charge in [-0.3, -0.25) is 9.80 Å². The molecule has 0 bridgehead atoms. The number of rotatable bonds is 7. The van der Waals surface area contributed by atoms with Gasteiger partial charge in [-0.1, -0.05) is 12.3 Å². The van der Waals surface area contributed by atoms with Crippen molar-refractivity contribution in [2.24, 2.45) is 0 Å². The Morgan fingerprint density at radius 3 is 2.32 bits per heavy atom. The van der Waals surface area contributed by atoms with Crippen LogP contribution in [0.2, 0.25) is 0 Å². The van der Waals surface area contributed by atoms with Gasteiger partial charge in [-0.05, 0) is 25.7 Å². The summed E-state index contributed by atoms with van der Waals surface area (Å²) in [7, 11) is 0. The van der Waals surface area contributed by atoms with Gasteiger partial charge in [0.1, 0.15) is 5.60 Å². The normalized spacial score (nSPS) is 24.8. The van der Waals surface area contributed by atoms with Crippen LogP contribution in [0.5, 0.6) is 0 Å². The van der Waals surface area contributed by atoms with E-state index in [0.717, 1.165) is 58.4 Å². The Labute approximate surface area is 134 Å². The molecule has 5 heteroatoms. The van der Waals surface area contributed by atoms with Gasteiger partial charge >= 0.3 is 0 Å². The van der Waals surface area contributed by atoms with E-state index in [1.54, 1.807) is 0 Å². The summed E-state index contributed by atoms with van der Waals surface area (Å²) < 4.78 is 5.93. The van der Waals surface area contributed by atoms with E-state index in [9.17, 15) is 5.11 Å². The summed E-state index contributed by atoms with van der Waals surface area (Å²) in [6.07, 6.45) is 10.5. The molecule has 1 aliphatic carbocycles. The number of hydrogen-bond acceptors (Lipinski definition) is 5. The van der Waals surface area contributed by atoms with Crippen molar-refractivity contribution in [3.63, 3.8) is 0 Å². The first-order chi connectivity index (χ1) is 10.7. The van der Waals surface area contributed by atoms with Crippen molar-refractivity contribution < 1.29 is 14.9 Å². The summed E-state index contributed by atoms with van der Waals surface area (Å²) >= 11 is 0. The van der Waals surface area contributed by atoms with Gasteiger partial charge in [-0.25, -0.2) is 0 Å². The fourth-order valence-electron chi connectivity index (χ4n) is 3.40. The molecule has 0 spiro atoms. The molecule has 1 aliphatic heterocycles. The summed E-state index contributed by atoms with van der Waals surface area (Å²) in [5, 5.41) is 19.2. The van der Waals surface area contributed by atoms with Gasteiger partial charge in [0.15, 0.2) is 0 Å². The van der Waals surface area contributed by atoms with Crippen LogP contribution >= 0.6 is 0 Å². The maximum Gasteiger partial charge on any atom is 0.128 e. The lowest BCUT2D eigenvalue weighted by Gasteiger charge is -2.36. The van der Waals surface area contributed by atoms with Crippen LogP contribution in [0, 0.1) is 12.3 Å². The molecule has 0 aromatic heterocycles. The molecular weight excluding hydrogens is 280 g/mol. The van der Waals surface area contributed by atoms with E-state index < -0.39 is 11.7 Å². The van der Waals surface area contributed by atoms with Gasteiger partial charge in [-0.2, -0.15) is 0 Å². The summed E-state index contributed by atoms with van der Waals surface area (Å²) in [6, 6.07) is 0. The predicted octanol–water partition coefficient (Wildman–Crippen LogP) is 0.310. The lowest BCUT2D eigenvalue weighted by atomic mass is 9.85. The van der Waals surface area contributed by atoms with Crippen LogP contribution < -0.4 is 0 Å². The number of aliphatic hydroxyl groups is 2. The van der Waals surface area contributed by atoms with Crippen molar-refractivity contribution in [2.45, 2.75) is 43.8 Å². The zero-order valence-corrected chi connectivity index (χ0v) is 13.5. The third kappa shape index (κ3) is 5.22. The van der Waals surface area contributed by atoms with Gasteiger partial charge in [-0.15, -0.1) is 6.42 Å². The smallest absolute Gasteiger partial charge is 0.128 e. The molecule has 2 rings (SSSR count). The summed E-state index contributed by atoms with van der Waals surface area (Å²) in [6.45, 7) is 5.66. The second-order valence-electron chi connectivity index (χ2n) is 6.53. The van der Waals surface area contributed by atoms with Crippen molar-refractivity contribution in [2.75, 3.05) is 52.5 Å². The molecule has 5 nitrogen and oxygen atoms in total. The van der Waals surface area contributed by atoms with Crippen molar-refractivity contribution >= 4 is 0 Å². The monoisotopic (exact) mass is 310 g/mol. The molecule has 2 aliphatic rings. The first kappa shape index (κ1) is 17.7. The molecule has 1 heterocycles. The van der Waals surface area contributed by atoms with Crippen LogP contribution in [0.3, 0.4) is 0 Å². The van der Waals surface area contributed by atoms with Crippen LogP contribution in [0.15, 0.2) is 0 Å². The maximum absolute atomic E-state index is 10.2. The number of hydrogen-bond donors (Lipinski definition) is 2. The molecule has 2 N–H and O–H groups in total. The Bertz CT molecular complexity index is 355. The molecule has 0 aromatic rings. The molecule has 2 fully saturated rings. The van der Waals surface area contributed by atoms with E-state index in [2.05, 4.69) is 15.7 Å². The molecule has 0 aromatic carbocycles. The lowest BCUT2D eigenvalue weighted by Crippen LogP contribution is -2.50. The maximum atomic E-state index is 10.2. The molecule has 126 valence electrons. The predicted molar refractivity (Wildman–Crippen MR) is 86.6 cm³/mol. The molecule has 1 atom stereocenters. The van der Waals surface area contributed by atoms with Gasteiger partial charge in [0.25, 0.3) is 0 Å². The number of β-amino-alcohol motifs (C(OH)–C–C–N with tert-alkyl or cyclic N) is 2. The number of terminal acetylenes is 1. The molecular formula is C17H30N2O3. The van der Waals surface area contributed by atoms with Crippen LogP contribution in [-0.2, 0) is 4.74 Å². The largest absolute Gasteiger partial charge is 0.395 e. The number of piperazine rings is 1. The SMILES string of the molecule is C#CC1(OC[C@H](O)CN2CCN(CCO)CC2)CCCCC1. The van der Waals surface area contributed by atoms with E-state index in [1.807, 2.05) is 0 Å². The Morgan fingerprint density at radius 2 is 1.73 bits per heavy atom. The standard InChI is InChI=1S/C17H30N2O3/c1-2-17(6-4-3-5-7-17)22-15-16(21)14-19-10-8-18(9-11-19)12-13-20/h1,16,20-21H,3-15H2/t16-/m1/s1. The molecule has 1 saturated heterocycles. The van der Waals surface area contributed by atoms with Gasteiger partial charge in [0.2, 0.25) is 0 Å². The van der Waals surface area contributed by atoms with E-state index in [4.69, 9.17) is 16.3 Å². The molecule has 22 heavy (non-hydrogen) atoms. The molecule has 0 radical (unpaired) electrons. The second-order valence-corrected chi connectivity index (χ2v) is 6.53. The summed E-state index contributed by atoms with van der Waals surface area (Å²) in [5.74, 6) is 2.82. The fourth-order valence-corrected chi connectivity index (χ4v) is 3.40. The average Bonchev–Trinajstić information content (AvgIpc) is 2.56. The van der Waals surface area contributed by atoms with Gasteiger partial charge in [0.05, 0.1) is 19.3 Å². The van der Waals surface area contributed by atoms with Crippen molar-refractivity contribution in [1.82, 2.24) is 9.80 Å². The summed E-state index contributed by atoms with van der Waals surface area (Å²) in [4.78, 5) is 4.50. The van der Waals surface area contributed by atoms with Crippen molar-refractivity contribution in [3.8, 4) is 12.3 Å². The zero-order chi connectivity index (χ0) is 15.8. The van der Waals surface area contributed by atoms with Crippen LogP contribution in [-0.4, -0.2) is 84.2 Å². The second kappa shape index (κ2) is 8.85. The molecule has 1 saturated carbocycles. The number of nitrogens with zero attached hydrogens (tertiary/aromatic N) is 2. The van der Waals surface area contributed by atoms with Crippen LogP contribution in [0.4, 0.5) is 0 Å². The Hall–Kier alpha value is -0.640. The summed E-state index contributed by atoms with van der Waals surface area (Å²) in [5.41, 5.74) is -0.445. The topological polar surface area (TPSA) is 56.2 Å². The highest BCUT2D eigenvalue weighted by Crippen LogP contribution is 2.31. The third-order valence-electron chi connectivity index (χ3n) is 4.83. The van der Waals surface area contributed by atoms with Gasteiger partial charge in [0, 0.05) is 39.3 Å². The molecule has 0 amide bonds. The van der Waals surface area contributed by atoms with Crippen molar-refractivity contribution in [3.05, 3.63) is 0 Å². The Kier molecular flexibility index (Phi) is 7.13. The lowest BCUT2D eigenvalue weighted by molar-refractivity contribution is -0.0716. The highest BCUT2D eigenvalue weighted by atomic mass is 16.5. The third-order valence-corrected chi connectivity index (χ3v) is 4.83. The first-order valence-electron chi connectivity index (χ1n) is 8.53. The fraction of sp³-hybridized carbons (Fsp3) is 0.882. The van der Waals surface area contributed by atoms with E-state index in [0.29, 0.717) is 13.2 Å². The van der Waals surface area contributed by atoms with Gasteiger partial charge < -0.3 is 14.9 Å². The number of ether oxygens (including phenoxy) is 1.